The highest BCUT2D eigenvalue weighted by Crippen LogP contribution is 2.37. The minimum Gasteiger partial charge on any atom is -0.491 e. The summed E-state index contributed by atoms with van der Waals surface area (Å²) in [4.78, 5) is 1.33. The first kappa shape index (κ1) is 9.87. The van der Waals surface area contributed by atoms with Gasteiger partial charge in [-0.1, -0.05) is 12.1 Å². The van der Waals surface area contributed by atoms with E-state index in [1.807, 2.05) is 17.8 Å². The van der Waals surface area contributed by atoms with Crippen molar-refractivity contribution in [2.45, 2.75) is 17.7 Å². The van der Waals surface area contributed by atoms with Crippen LogP contribution in [0.1, 0.15) is 12.0 Å². The first-order valence-corrected chi connectivity index (χ1v) is 5.98. The molecule has 1 aliphatic heterocycles. The first-order valence-electron chi connectivity index (χ1n) is 4.99. The van der Waals surface area contributed by atoms with Gasteiger partial charge in [0, 0.05) is 6.54 Å². The van der Waals surface area contributed by atoms with Crippen molar-refractivity contribution in [1.29, 1.82) is 0 Å². The molecule has 2 nitrogen and oxygen atoms in total. The molecule has 0 saturated heterocycles. The van der Waals surface area contributed by atoms with Crippen LogP contribution >= 0.6 is 11.8 Å². The molecule has 1 aromatic carbocycles. The molecule has 1 heterocycles. The van der Waals surface area contributed by atoms with E-state index in [1.165, 1.54) is 29.1 Å². The number of rotatable bonds is 3. The van der Waals surface area contributed by atoms with Crippen LogP contribution in [0, 0.1) is 0 Å². The van der Waals surface area contributed by atoms with E-state index < -0.39 is 0 Å². The Morgan fingerprint density at radius 2 is 2.36 bits per heavy atom. The van der Waals surface area contributed by atoms with E-state index in [9.17, 15) is 0 Å². The van der Waals surface area contributed by atoms with E-state index in [-0.39, 0.29) is 0 Å². The van der Waals surface area contributed by atoms with Crippen LogP contribution in [0.15, 0.2) is 23.1 Å². The molecule has 0 fully saturated rings. The van der Waals surface area contributed by atoms with Crippen molar-refractivity contribution in [1.82, 2.24) is 0 Å². The molecule has 1 aromatic rings. The Bertz CT molecular complexity index is 314. The Morgan fingerprint density at radius 3 is 3.21 bits per heavy atom. The number of thioether (sulfide) groups is 1. The molecule has 0 spiro atoms. The number of benzene rings is 1. The Morgan fingerprint density at radius 1 is 1.43 bits per heavy atom. The number of hydrogen-bond donors (Lipinski definition) is 1. The summed E-state index contributed by atoms with van der Waals surface area (Å²) in [6.07, 6.45) is 2.46. The highest BCUT2D eigenvalue weighted by atomic mass is 32.2. The third-order valence-corrected chi connectivity index (χ3v) is 3.52. The lowest BCUT2D eigenvalue weighted by atomic mass is 10.1. The molecule has 14 heavy (non-hydrogen) atoms. The summed E-state index contributed by atoms with van der Waals surface area (Å²) < 4.78 is 5.61. The molecule has 0 aliphatic carbocycles. The van der Waals surface area contributed by atoms with Gasteiger partial charge in [-0.05, 0) is 30.2 Å². The van der Waals surface area contributed by atoms with Crippen molar-refractivity contribution in [3.8, 4) is 5.75 Å². The van der Waals surface area contributed by atoms with Gasteiger partial charge in [-0.2, -0.15) is 0 Å². The van der Waals surface area contributed by atoms with Gasteiger partial charge in [0.2, 0.25) is 0 Å². The smallest absolute Gasteiger partial charge is 0.133 e. The summed E-state index contributed by atoms with van der Waals surface area (Å²) >= 11 is 1.90. The van der Waals surface area contributed by atoms with Crippen LogP contribution in [0.25, 0.3) is 0 Å². The SMILES string of the molecule is NCCOc1cccc2c1SCCC2. The normalized spacial score (nSPS) is 14.9. The minimum atomic E-state index is 0.578. The number of nitrogens with two attached hydrogens (primary N) is 1. The maximum absolute atomic E-state index is 5.61. The average Bonchev–Trinajstić information content (AvgIpc) is 2.26. The summed E-state index contributed by atoms with van der Waals surface area (Å²) in [5, 5.41) is 0. The predicted molar refractivity (Wildman–Crippen MR) is 60.0 cm³/mol. The van der Waals surface area contributed by atoms with Crippen molar-refractivity contribution in [2.24, 2.45) is 5.73 Å². The zero-order valence-corrected chi connectivity index (χ0v) is 8.98. The Labute approximate surface area is 88.8 Å². The number of fused-ring (bicyclic) bond motifs is 1. The van der Waals surface area contributed by atoms with Gasteiger partial charge in [0.05, 0.1) is 4.90 Å². The molecule has 0 unspecified atom stereocenters. The fraction of sp³-hybridized carbons (Fsp3) is 0.455. The van der Waals surface area contributed by atoms with E-state index >= 15 is 0 Å². The quantitative estimate of drug-likeness (QED) is 0.827. The maximum atomic E-state index is 5.61. The van der Waals surface area contributed by atoms with Gasteiger partial charge in [0.25, 0.3) is 0 Å². The standard InChI is InChI=1S/C11H15NOS/c12-6-7-13-10-5-1-3-9-4-2-8-14-11(9)10/h1,3,5H,2,4,6-8,12H2. The molecule has 1 aliphatic rings. The van der Waals surface area contributed by atoms with Crippen LogP contribution in [0.2, 0.25) is 0 Å². The van der Waals surface area contributed by atoms with Crippen molar-refractivity contribution < 1.29 is 4.74 Å². The summed E-state index contributed by atoms with van der Waals surface area (Å²) in [6.45, 7) is 1.19. The Kier molecular flexibility index (Phi) is 3.32. The number of aryl methyl sites for hydroxylation is 1. The Hall–Kier alpha value is -0.670. The van der Waals surface area contributed by atoms with Crippen LogP contribution in [-0.4, -0.2) is 18.9 Å². The highest BCUT2D eigenvalue weighted by molar-refractivity contribution is 7.99. The second-order valence-electron chi connectivity index (χ2n) is 3.33. The lowest BCUT2D eigenvalue weighted by molar-refractivity contribution is 0.320. The molecule has 0 atom stereocenters. The zero-order chi connectivity index (χ0) is 9.80. The highest BCUT2D eigenvalue weighted by Gasteiger charge is 2.13. The van der Waals surface area contributed by atoms with E-state index in [4.69, 9.17) is 10.5 Å². The third-order valence-electron chi connectivity index (χ3n) is 2.27. The van der Waals surface area contributed by atoms with Gasteiger partial charge >= 0.3 is 0 Å². The predicted octanol–water partition coefficient (Wildman–Crippen LogP) is 2.06. The lowest BCUT2D eigenvalue weighted by Crippen LogP contribution is -2.12. The molecule has 2 N–H and O–H groups in total. The van der Waals surface area contributed by atoms with E-state index in [2.05, 4.69) is 12.1 Å². The van der Waals surface area contributed by atoms with E-state index in [0.29, 0.717) is 13.2 Å². The molecule has 2 rings (SSSR count). The van der Waals surface area contributed by atoms with Crippen LogP contribution < -0.4 is 10.5 Å². The van der Waals surface area contributed by atoms with Gasteiger partial charge in [-0.3, -0.25) is 0 Å². The van der Waals surface area contributed by atoms with Crippen LogP contribution in [0.3, 0.4) is 0 Å². The van der Waals surface area contributed by atoms with Crippen molar-refractivity contribution in [3.63, 3.8) is 0 Å². The molecule has 0 bridgehead atoms. The van der Waals surface area contributed by atoms with Gasteiger partial charge in [-0.15, -0.1) is 11.8 Å². The molecule has 0 saturated carbocycles. The summed E-state index contributed by atoms with van der Waals surface area (Å²) in [7, 11) is 0. The van der Waals surface area contributed by atoms with Gasteiger partial charge < -0.3 is 10.5 Å². The molecule has 0 radical (unpaired) electrons. The van der Waals surface area contributed by atoms with Crippen molar-refractivity contribution in [2.75, 3.05) is 18.9 Å². The second-order valence-corrected chi connectivity index (χ2v) is 4.44. The minimum absolute atomic E-state index is 0.578. The molecular formula is C11H15NOS. The zero-order valence-electron chi connectivity index (χ0n) is 8.16. The fourth-order valence-corrected chi connectivity index (χ4v) is 2.76. The second kappa shape index (κ2) is 4.71. The van der Waals surface area contributed by atoms with Gasteiger partial charge in [0.15, 0.2) is 0 Å². The topological polar surface area (TPSA) is 35.2 Å². The monoisotopic (exact) mass is 209 g/mol. The molecule has 76 valence electrons. The molecule has 0 amide bonds. The third kappa shape index (κ3) is 2.04. The largest absolute Gasteiger partial charge is 0.491 e. The lowest BCUT2D eigenvalue weighted by Gasteiger charge is -2.18. The van der Waals surface area contributed by atoms with Crippen LogP contribution in [0.4, 0.5) is 0 Å². The first-order chi connectivity index (χ1) is 6.92. The van der Waals surface area contributed by atoms with Crippen LogP contribution in [0.5, 0.6) is 5.75 Å². The summed E-state index contributed by atoms with van der Waals surface area (Å²) in [6, 6.07) is 6.29. The van der Waals surface area contributed by atoms with Gasteiger partial charge in [-0.25, -0.2) is 0 Å². The average molecular weight is 209 g/mol. The van der Waals surface area contributed by atoms with E-state index in [1.54, 1.807) is 0 Å². The van der Waals surface area contributed by atoms with Gasteiger partial charge in [0.1, 0.15) is 12.4 Å². The van der Waals surface area contributed by atoms with Crippen LogP contribution in [-0.2, 0) is 6.42 Å². The Balaban J connectivity index is 2.21. The molecule has 0 aromatic heterocycles. The van der Waals surface area contributed by atoms with E-state index in [0.717, 1.165) is 5.75 Å². The summed E-state index contributed by atoms with van der Waals surface area (Å²) in [5.74, 6) is 2.22. The van der Waals surface area contributed by atoms with Crippen molar-refractivity contribution in [3.05, 3.63) is 23.8 Å². The van der Waals surface area contributed by atoms with Crippen molar-refractivity contribution >= 4 is 11.8 Å². The number of hydrogen-bond acceptors (Lipinski definition) is 3. The number of ether oxygens (including phenoxy) is 1. The fourth-order valence-electron chi connectivity index (χ4n) is 1.64. The molecule has 3 heteroatoms. The summed E-state index contributed by atoms with van der Waals surface area (Å²) in [5.41, 5.74) is 6.85. The maximum Gasteiger partial charge on any atom is 0.133 e. The molecular weight excluding hydrogens is 194 g/mol.